The van der Waals surface area contributed by atoms with Gasteiger partial charge in [-0.15, -0.1) is 11.3 Å². The van der Waals surface area contributed by atoms with Crippen LogP contribution in [-0.4, -0.2) is 20.5 Å². The molecule has 0 atom stereocenters. The largest absolute Gasteiger partial charge is 0.312 e. The zero-order valence-electron chi connectivity index (χ0n) is 11.0. The summed E-state index contributed by atoms with van der Waals surface area (Å²) < 4.78 is 27.7. The van der Waals surface area contributed by atoms with Crippen LogP contribution in [0.3, 0.4) is 0 Å². The highest BCUT2D eigenvalue weighted by Crippen LogP contribution is 2.32. The second kappa shape index (κ2) is 6.00. The Kier molecular flexibility index (Phi) is 5.37. The maximum atomic E-state index is 12.2. The summed E-state index contributed by atoms with van der Waals surface area (Å²) >= 11 is 4.77. The number of thiophene rings is 1. The Bertz CT molecular complexity index is 504. The lowest BCUT2D eigenvalue weighted by atomic mass is 10.1. The predicted octanol–water partition coefficient (Wildman–Crippen LogP) is 2.70. The van der Waals surface area contributed by atoms with Gasteiger partial charge in [-0.25, -0.2) is 13.1 Å². The van der Waals surface area contributed by atoms with Gasteiger partial charge in [-0.2, -0.15) is 0 Å². The molecule has 0 bridgehead atoms. The van der Waals surface area contributed by atoms with E-state index in [-0.39, 0.29) is 0 Å². The minimum Gasteiger partial charge on any atom is -0.312 e. The smallest absolute Gasteiger partial charge is 0.243 e. The maximum Gasteiger partial charge on any atom is 0.243 e. The van der Waals surface area contributed by atoms with Crippen molar-refractivity contribution in [1.82, 2.24) is 10.0 Å². The topological polar surface area (TPSA) is 58.2 Å². The first kappa shape index (κ1) is 16.1. The van der Waals surface area contributed by atoms with Crippen LogP contribution in [0.4, 0.5) is 0 Å². The number of rotatable bonds is 5. The van der Waals surface area contributed by atoms with Crippen molar-refractivity contribution in [2.75, 3.05) is 6.54 Å². The molecular formula is C11H19BrN2O2S2. The normalized spacial score (nSPS) is 12.9. The molecule has 0 saturated heterocycles. The van der Waals surface area contributed by atoms with Crippen LogP contribution in [0.5, 0.6) is 0 Å². The molecule has 4 nitrogen and oxygen atoms in total. The lowest BCUT2D eigenvalue weighted by Gasteiger charge is -2.19. The Hall–Kier alpha value is 0.0500. The molecule has 0 radical (unpaired) electrons. The van der Waals surface area contributed by atoms with Crippen molar-refractivity contribution in [2.24, 2.45) is 0 Å². The van der Waals surface area contributed by atoms with Crippen molar-refractivity contribution < 1.29 is 8.42 Å². The van der Waals surface area contributed by atoms with Gasteiger partial charge in [0.2, 0.25) is 10.0 Å². The average Bonchev–Trinajstić information content (AvgIpc) is 2.53. The number of hydrogen-bond acceptors (Lipinski definition) is 4. The molecule has 0 aliphatic carbocycles. The molecule has 1 aromatic heterocycles. The van der Waals surface area contributed by atoms with Gasteiger partial charge in [0.1, 0.15) is 4.90 Å². The molecule has 1 heterocycles. The minimum absolute atomic E-state index is 0.315. The van der Waals surface area contributed by atoms with Crippen LogP contribution in [0.2, 0.25) is 0 Å². The summed E-state index contributed by atoms with van der Waals surface area (Å²) in [5, 5.41) is 3.18. The molecule has 2 N–H and O–H groups in total. The van der Waals surface area contributed by atoms with Gasteiger partial charge in [0.25, 0.3) is 0 Å². The molecule has 0 aliphatic rings. The first-order chi connectivity index (χ1) is 8.15. The Morgan fingerprint density at radius 3 is 2.50 bits per heavy atom. The third-order valence-corrected chi connectivity index (χ3v) is 6.00. The van der Waals surface area contributed by atoms with Gasteiger partial charge >= 0.3 is 0 Å². The Morgan fingerprint density at radius 2 is 2.00 bits per heavy atom. The van der Waals surface area contributed by atoms with E-state index in [4.69, 9.17) is 0 Å². The van der Waals surface area contributed by atoms with Crippen molar-refractivity contribution in [1.29, 1.82) is 0 Å². The fourth-order valence-electron chi connectivity index (χ4n) is 1.37. The summed E-state index contributed by atoms with van der Waals surface area (Å²) in [6, 6.07) is 1.71. The molecule has 104 valence electrons. The van der Waals surface area contributed by atoms with Crippen LogP contribution in [0.25, 0.3) is 0 Å². The van der Waals surface area contributed by atoms with E-state index in [1.165, 1.54) is 11.3 Å². The van der Waals surface area contributed by atoms with Crippen LogP contribution in [0.1, 0.15) is 32.6 Å². The molecular weight excluding hydrogens is 336 g/mol. The molecule has 1 rings (SSSR count). The fourth-order valence-corrected chi connectivity index (χ4v) is 5.45. The molecule has 0 amide bonds. The van der Waals surface area contributed by atoms with Gasteiger partial charge in [-0.1, -0.05) is 6.92 Å². The van der Waals surface area contributed by atoms with Crippen LogP contribution in [0, 0.1) is 0 Å². The van der Waals surface area contributed by atoms with Gasteiger partial charge in [-0.3, -0.25) is 0 Å². The van der Waals surface area contributed by atoms with Crippen molar-refractivity contribution in [3.05, 3.63) is 14.7 Å². The van der Waals surface area contributed by atoms with Crippen molar-refractivity contribution in [3.63, 3.8) is 0 Å². The van der Waals surface area contributed by atoms with E-state index >= 15 is 0 Å². The fraction of sp³-hybridized carbons (Fsp3) is 0.636. The zero-order chi connectivity index (χ0) is 14.0. The number of hydrogen-bond donors (Lipinski definition) is 2. The molecule has 0 spiro atoms. The van der Waals surface area contributed by atoms with E-state index in [1.807, 2.05) is 27.7 Å². The van der Waals surface area contributed by atoms with Crippen molar-refractivity contribution >= 4 is 37.3 Å². The average molecular weight is 355 g/mol. The summed E-state index contributed by atoms with van der Waals surface area (Å²) in [5.41, 5.74) is -0.484. The van der Waals surface area contributed by atoms with E-state index in [2.05, 4.69) is 26.0 Å². The number of halogens is 1. The molecule has 0 aliphatic heterocycles. The molecule has 0 unspecified atom stereocenters. The van der Waals surface area contributed by atoms with Crippen molar-refractivity contribution in [2.45, 2.75) is 44.7 Å². The van der Waals surface area contributed by atoms with Gasteiger partial charge < -0.3 is 5.32 Å². The Labute approximate surface area is 121 Å². The highest BCUT2D eigenvalue weighted by Gasteiger charge is 2.25. The zero-order valence-corrected chi connectivity index (χ0v) is 14.2. The van der Waals surface area contributed by atoms with Crippen LogP contribution >= 0.6 is 27.3 Å². The minimum atomic E-state index is -3.47. The third-order valence-electron chi connectivity index (χ3n) is 1.99. The van der Waals surface area contributed by atoms with Gasteiger partial charge in [0, 0.05) is 17.0 Å². The van der Waals surface area contributed by atoms with Crippen LogP contribution in [-0.2, 0) is 16.6 Å². The second-order valence-electron chi connectivity index (χ2n) is 4.99. The first-order valence-corrected chi connectivity index (χ1v) is 8.78. The Balaban J connectivity index is 2.99. The van der Waals surface area contributed by atoms with Crippen LogP contribution < -0.4 is 10.0 Å². The van der Waals surface area contributed by atoms with E-state index in [0.717, 1.165) is 11.4 Å². The van der Waals surface area contributed by atoms with Gasteiger partial charge in [0.05, 0.1) is 3.79 Å². The summed E-state index contributed by atoms with van der Waals surface area (Å²) in [6.45, 7) is 9.03. The van der Waals surface area contributed by atoms with Gasteiger partial charge in [0.15, 0.2) is 0 Å². The standard InChI is InChI=1S/C11H19BrN2O2S2/c1-5-13-7-8-6-9(10(12)17-8)18(15,16)14-11(2,3)4/h6,13-14H,5,7H2,1-4H3. The Morgan fingerprint density at radius 1 is 1.39 bits per heavy atom. The lowest BCUT2D eigenvalue weighted by molar-refractivity contribution is 0.491. The number of nitrogens with one attached hydrogen (secondary N) is 2. The maximum absolute atomic E-state index is 12.2. The predicted molar refractivity (Wildman–Crippen MR) is 79.5 cm³/mol. The summed E-state index contributed by atoms with van der Waals surface area (Å²) in [6.07, 6.45) is 0. The summed E-state index contributed by atoms with van der Waals surface area (Å²) in [5.74, 6) is 0. The van der Waals surface area contributed by atoms with Crippen LogP contribution in [0.15, 0.2) is 14.7 Å². The highest BCUT2D eigenvalue weighted by molar-refractivity contribution is 9.11. The number of sulfonamides is 1. The van der Waals surface area contributed by atoms with E-state index in [1.54, 1.807) is 6.07 Å². The van der Waals surface area contributed by atoms with E-state index < -0.39 is 15.6 Å². The molecule has 0 fully saturated rings. The van der Waals surface area contributed by atoms with Crippen molar-refractivity contribution in [3.8, 4) is 0 Å². The highest BCUT2D eigenvalue weighted by atomic mass is 79.9. The SMILES string of the molecule is CCNCc1cc(S(=O)(=O)NC(C)(C)C)c(Br)s1. The first-order valence-electron chi connectivity index (χ1n) is 5.68. The summed E-state index contributed by atoms with van der Waals surface area (Å²) in [4.78, 5) is 1.31. The monoisotopic (exact) mass is 354 g/mol. The molecule has 18 heavy (non-hydrogen) atoms. The van der Waals surface area contributed by atoms with E-state index in [0.29, 0.717) is 15.2 Å². The molecule has 0 aromatic carbocycles. The molecule has 7 heteroatoms. The lowest BCUT2D eigenvalue weighted by Crippen LogP contribution is -2.40. The third kappa shape index (κ3) is 4.62. The molecule has 1 aromatic rings. The second-order valence-corrected chi connectivity index (χ2v) is 9.09. The summed E-state index contributed by atoms with van der Waals surface area (Å²) in [7, 11) is -3.47. The molecule has 0 saturated carbocycles. The van der Waals surface area contributed by atoms with Gasteiger partial charge in [-0.05, 0) is 49.3 Å². The van der Waals surface area contributed by atoms with E-state index in [9.17, 15) is 8.42 Å². The quantitative estimate of drug-likeness (QED) is 0.854.